The Kier molecular flexibility index (Phi) is 5.53. The number of hydrogen-bond acceptors (Lipinski definition) is 3. The Balaban J connectivity index is 4.19. The van der Waals surface area contributed by atoms with Crippen molar-refractivity contribution in [2.45, 2.75) is 51.7 Å². The largest absolute Gasteiger partial charge is 0.396 e. The monoisotopic (exact) mass is 190 g/mol. The van der Waals surface area contributed by atoms with Crippen molar-refractivity contribution in [1.29, 1.82) is 0 Å². The molecule has 2 unspecified atom stereocenters. The molecule has 0 heterocycles. The fourth-order valence-electron chi connectivity index (χ4n) is 1.61. The number of aliphatic hydroxyl groups is 3. The van der Waals surface area contributed by atoms with E-state index in [0.29, 0.717) is 19.3 Å². The Morgan fingerprint density at radius 3 is 2.15 bits per heavy atom. The first-order valence-electron chi connectivity index (χ1n) is 4.94. The van der Waals surface area contributed by atoms with Gasteiger partial charge in [-0.05, 0) is 33.1 Å². The predicted molar refractivity (Wildman–Crippen MR) is 52.4 cm³/mol. The summed E-state index contributed by atoms with van der Waals surface area (Å²) in [4.78, 5) is 0. The average Bonchev–Trinajstić information content (AvgIpc) is 2.02. The highest BCUT2D eigenvalue weighted by Gasteiger charge is 2.31. The molecule has 0 radical (unpaired) electrons. The van der Waals surface area contributed by atoms with Crippen molar-refractivity contribution in [3.8, 4) is 0 Å². The van der Waals surface area contributed by atoms with Crippen LogP contribution >= 0.6 is 0 Å². The van der Waals surface area contributed by atoms with Gasteiger partial charge in [-0.2, -0.15) is 0 Å². The van der Waals surface area contributed by atoms with Crippen molar-refractivity contribution < 1.29 is 15.3 Å². The first-order valence-corrected chi connectivity index (χ1v) is 4.94. The summed E-state index contributed by atoms with van der Waals surface area (Å²) in [5, 5.41) is 28.1. The second-order valence-corrected chi connectivity index (χ2v) is 4.10. The van der Waals surface area contributed by atoms with Crippen LogP contribution in [0, 0.1) is 5.92 Å². The van der Waals surface area contributed by atoms with Crippen LogP contribution < -0.4 is 0 Å². The van der Waals surface area contributed by atoms with Crippen molar-refractivity contribution in [1.82, 2.24) is 0 Å². The van der Waals surface area contributed by atoms with Crippen molar-refractivity contribution in [2.75, 3.05) is 6.61 Å². The Hall–Kier alpha value is -0.120. The van der Waals surface area contributed by atoms with Crippen LogP contribution in [0.1, 0.15) is 40.0 Å². The molecule has 80 valence electrons. The van der Waals surface area contributed by atoms with Gasteiger partial charge in [0.15, 0.2) is 0 Å². The second-order valence-electron chi connectivity index (χ2n) is 4.10. The zero-order valence-electron chi connectivity index (χ0n) is 8.82. The Labute approximate surface area is 80.4 Å². The van der Waals surface area contributed by atoms with Gasteiger partial charge in [0, 0.05) is 12.5 Å². The third kappa shape index (κ3) is 4.60. The van der Waals surface area contributed by atoms with Crippen molar-refractivity contribution in [3.63, 3.8) is 0 Å². The molecule has 0 fully saturated rings. The highest BCUT2D eigenvalue weighted by Crippen LogP contribution is 2.26. The first-order chi connectivity index (χ1) is 5.93. The lowest BCUT2D eigenvalue weighted by molar-refractivity contribution is -0.0530. The molecule has 13 heavy (non-hydrogen) atoms. The van der Waals surface area contributed by atoms with Gasteiger partial charge in [-0.15, -0.1) is 0 Å². The van der Waals surface area contributed by atoms with Crippen LogP contribution in [-0.2, 0) is 0 Å². The smallest absolute Gasteiger partial charge is 0.0644 e. The van der Waals surface area contributed by atoms with Crippen molar-refractivity contribution in [3.05, 3.63) is 0 Å². The molecule has 0 spiro atoms. The molecule has 0 saturated carbocycles. The van der Waals surface area contributed by atoms with Gasteiger partial charge in [-0.25, -0.2) is 0 Å². The molecule has 0 aliphatic carbocycles. The van der Waals surface area contributed by atoms with Crippen LogP contribution in [0.4, 0.5) is 0 Å². The molecule has 0 aromatic heterocycles. The molecule has 0 rings (SSSR count). The van der Waals surface area contributed by atoms with Crippen molar-refractivity contribution >= 4 is 0 Å². The van der Waals surface area contributed by atoms with Crippen LogP contribution in [-0.4, -0.2) is 33.6 Å². The molecule has 3 N–H and O–H groups in total. The SMILES string of the molecule is CCC(O)C(CCCO)C(C)(C)O. The van der Waals surface area contributed by atoms with Gasteiger partial charge >= 0.3 is 0 Å². The molecule has 3 heteroatoms. The van der Waals surface area contributed by atoms with E-state index in [-0.39, 0.29) is 12.5 Å². The molecular weight excluding hydrogens is 168 g/mol. The minimum atomic E-state index is -0.870. The summed E-state index contributed by atoms with van der Waals surface area (Å²) >= 11 is 0. The second kappa shape index (κ2) is 5.58. The Morgan fingerprint density at radius 1 is 1.31 bits per heavy atom. The topological polar surface area (TPSA) is 60.7 Å². The third-order valence-electron chi connectivity index (χ3n) is 2.46. The molecule has 0 bridgehead atoms. The summed E-state index contributed by atoms with van der Waals surface area (Å²) in [5.41, 5.74) is -0.870. The van der Waals surface area contributed by atoms with Crippen LogP contribution in [0.2, 0.25) is 0 Å². The molecule has 0 aliphatic heterocycles. The lowest BCUT2D eigenvalue weighted by Crippen LogP contribution is -2.39. The average molecular weight is 190 g/mol. The van der Waals surface area contributed by atoms with E-state index in [9.17, 15) is 10.2 Å². The lowest BCUT2D eigenvalue weighted by atomic mass is 9.82. The molecule has 0 amide bonds. The molecule has 0 aromatic rings. The van der Waals surface area contributed by atoms with Crippen LogP contribution in [0.25, 0.3) is 0 Å². The Morgan fingerprint density at radius 2 is 1.85 bits per heavy atom. The van der Waals surface area contributed by atoms with Crippen LogP contribution in [0.3, 0.4) is 0 Å². The van der Waals surface area contributed by atoms with Gasteiger partial charge < -0.3 is 15.3 Å². The molecule has 0 aromatic carbocycles. The van der Waals surface area contributed by atoms with E-state index >= 15 is 0 Å². The van der Waals surface area contributed by atoms with Crippen LogP contribution in [0.5, 0.6) is 0 Å². The van der Waals surface area contributed by atoms with Gasteiger partial charge in [0.2, 0.25) is 0 Å². The molecular formula is C10H22O3. The zero-order chi connectivity index (χ0) is 10.5. The van der Waals surface area contributed by atoms with Gasteiger partial charge in [0.25, 0.3) is 0 Å². The minimum Gasteiger partial charge on any atom is -0.396 e. The highest BCUT2D eigenvalue weighted by molar-refractivity contribution is 4.82. The van der Waals surface area contributed by atoms with E-state index < -0.39 is 11.7 Å². The van der Waals surface area contributed by atoms with Crippen molar-refractivity contribution in [2.24, 2.45) is 5.92 Å². The summed E-state index contributed by atoms with van der Waals surface area (Å²) in [6.45, 7) is 5.41. The molecule has 2 atom stereocenters. The summed E-state index contributed by atoms with van der Waals surface area (Å²) in [7, 11) is 0. The standard InChI is InChI=1S/C10H22O3/c1-4-9(12)8(6-5-7-11)10(2,3)13/h8-9,11-13H,4-7H2,1-3H3. The maximum atomic E-state index is 9.76. The highest BCUT2D eigenvalue weighted by atomic mass is 16.3. The van der Waals surface area contributed by atoms with Crippen LogP contribution in [0.15, 0.2) is 0 Å². The van der Waals surface area contributed by atoms with Gasteiger partial charge in [-0.1, -0.05) is 6.92 Å². The van der Waals surface area contributed by atoms with Gasteiger partial charge in [0.05, 0.1) is 11.7 Å². The maximum Gasteiger partial charge on any atom is 0.0644 e. The fraction of sp³-hybridized carbons (Fsp3) is 1.00. The first kappa shape index (κ1) is 12.9. The predicted octanol–water partition coefficient (Wildman–Crippen LogP) is 0.917. The van der Waals surface area contributed by atoms with E-state index in [2.05, 4.69) is 0 Å². The third-order valence-corrected chi connectivity index (χ3v) is 2.46. The van der Waals surface area contributed by atoms with E-state index in [4.69, 9.17) is 5.11 Å². The summed E-state index contributed by atoms with van der Waals surface area (Å²) in [6.07, 6.45) is 1.45. The molecule has 0 aliphatic rings. The van der Waals surface area contributed by atoms with Gasteiger partial charge in [-0.3, -0.25) is 0 Å². The Bertz CT molecular complexity index is 129. The summed E-state index contributed by atoms with van der Waals surface area (Å²) in [5.74, 6) is -0.148. The number of aliphatic hydroxyl groups excluding tert-OH is 2. The molecule has 0 saturated heterocycles. The minimum absolute atomic E-state index is 0.114. The summed E-state index contributed by atoms with van der Waals surface area (Å²) in [6, 6.07) is 0. The molecule has 3 nitrogen and oxygen atoms in total. The normalized spacial score (nSPS) is 17.1. The zero-order valence-corrected chi connectivity index (χ0v) is 8.82. The fourth-order valence-corrected chi connectivity index (χ4v) is 1.61. The maximum absolute atomic E-state index is 9.76. The van der Waals surface area contributed by atoms with E-state index in [0.717, 1.165) is 0 Å². The quantitative estimate of drug-likeness (QED) is 0.583. The number of rotatable bonds is 6. The van der Waals surface area contributed by atoms with E-state index in [1.54, 1.807) is 13.8 Å². The van der Waals surface area contributed by atoms with E-state index in [1.165, 1.54) is 0 Å². The lowest BCUT2D eigenvalue weighted by Gasteiger charge is -2.32. The van der Waals surface area contributed by atoms with Gasteiger partial charge in [0.1, 0.15) is 0 Å². The summed E-state index contributed by atoms with van der Waals surface area (Å²) < 4.78 is 0. The number of hydrogen-bond donors (Lipinski definition) is 3. The van der Waals surface area contributed by atoms with E-state index in [1.807, 2.05) is 6.92 Å².